The number of amides is 2. The molecule has 20 heavy (non-hydrogen) atoms. The molecule has 8 heteroatoms. The predicted octanol–water partition coefficient (Wildman–Crippen LogP) is 1.92. The van der Waals surface area contributed by atoms with Crippen LogP contribution in [0.15, 0.2) is 28.7 Å². The molecule has 1 aromatic carbocycles. The van der Waals surface area contributed by atoms with Gasteiger partial charge in [0, 0.05) is 7.05 Å². The van der Waals surface area contributed by atoms with Crippen LogP contribution in [0.3, 0.4) is 0 Å². The molecule has 0 aliphatic heterocycles. The van der Waals surface area contributed by atoms with Gasteiger partial charge in [-0.25, -0.2) is 4.39 Å². The van der Waals surface area contributed by atoms with Crippen molar-refractivity contribution in [2.45, 2.75) is 0 Å². The fourth-order valence-corrected chi connectivity index (χ4v) is 1.96. The SMILES string of the molecule is CNC(=O)c1[nH]nc(NC(=O)c2ccccc2F)c1Br. The van der Waals surface area contributed by atoms with Gasteiger partial charge in [0.05, 0.1) is 10.0 Å². The number of nitrogens with one attached hydrogen (secondary N) is 3. The molecule has 0 spiro atoms. The van der Waals surface area contributed by atoms with Crippen LogP contribution in [0.2, 0.25) is 0 Å². The van der Waals surface area contributed by atoms with Crippen molar-refractivity contribution >= 4 is 33.6 Å². The fraction of sp³-hybridized carbons (Fsp3) is 0.0833. The molecule has 0 unspecified atom stereocenters. The van der Waals surface area contributed by atoms with Crippen molar-refractivity contribution in [2.75, 3.05) is 12.4 Å². The molecular weight excluding hydrogens is 331 g/mol. The number of halogens is 2. The van der Waals surface area contributed by atoms with Crippen molar-refractivity contribution in [3.05, 3.63) is 45.8 Å². The third-order valence-corrected chi connectivity index (χ3v) is 3.28. The van der Waals surface area contributed by atoms with Crippen molar-refractivity contribution < 1.29 is 14.0 Å². The fourth-order valence-electron chi connectivity index (χ4n) is 1.51. The lowest BCUT2D eigenvalue weighted by molar-refractivity contribution is 0.0956. The van der Waals surface area contributed by atoms with Crippen molar-refractivity contribution in [1.29, 1.82) is 0 Å². The minimum Gasteiger partial charge on any atom is -0.354 e. The summed E-state index contributed by atoms with van der Waals surface area (Å²) in [4.78, 5) is 23.4. The van der Waals surface area contributed by atoms with Gasteiger partial charge in [-0.3, -0.25) is 14.7 Å². The van der Waals surface area contributed by atoms with E-state index >= 15 is 0 Å². The first-order valence-electron chi connectivity index (χ1n) is 5.56. The normalized spacial score (nSPS) is 10.2. The maximum absolute atomic E-state index is 13.5. The van der Waals surface area contributed by atoms with Gasteiger partial charge < -0.3 is 10.6 Å². The van der Waals surface area contributed by atoms with Crippen LogP contribution in [0.4, 0.5) is 10.2 Å². The van der Waals surface area contributed by atoms with Gasteiger partial charge in [-0.05, 0) is 28.1 Å². The first-order valence-corrected chi connectivity index (χ1v) is 6.35. The van der Waals surface area contributed by atoms with Gasteiger partial charge in [-0.1, -0.05) is 12.1 Å². The molecule has 6 nitrogen and oxygen atoms in total. The Hall–Kier alpha value is -2.22. The number of rotatable bonds is 3. The summed E-state index contributed by atoms with van der Waals surface area (Å²) in [5.41, 5.74) is 0.0558. The van der Waals surface area contributed by atoms with E-state index in [4.69, 9.17) is 0 Å². The Morgan fingerprint density at radius 3 is 2.65 bits per heavy atom. The number of hydrogen-bond donors (Lipinski definition) is 3. The second-order valence-corrected chi connectivity index (χ2v) is 4.57. The number of carbonyl (C=O) groups is 2. The molecule has 3 N–H and O–H groups in total. The maximum Gasteiger partial charge on any atom is 0.270 e. The van der Waals surface area contributed by atoms with E-state index in [0.29, 0.717) is 4.47 Å². The first kappa shape index (κ1) is 14.2. The molecule has 0 aliphatic carbocycles. The first-order chi connectivity index (χ1) is 9.54. The summed E-state index contributed by atoms with van der Waals surface area (Å²) in [6, 6.07) is 5.57. The summed E-state index contributed by atoms with van der Waals surface area (Å²) in [6.07, 6.45) is 0. The van der Waals surface area contributed by atoms with Gasteiger partial charge in [0.2, 0.25) is 0 Å². The highest BCUT2D eigenvalue weighted by molar-refractivity contribution is 9.10. The van der Waals surface area contributed by atoms with Gasteiger partial charge in [0.1, 0.15) is 11.5 Å². The molecular formula is C12H10BrFN4O2. The Labute approximate surface area is 121 Å². The Balaban J connectivity index is 2.23. The predicted molar refractivity (Wildman–Crippen MR) is 74.0 cm³/mol. The van der Waals surface area contributed by atoms with Gasteiger partial charge in [-0.2, -0.15) is 5.10 Å². The number of benzene rings is 1. The molecule has 0 fully saturated rings. The molecule has 1 heterocycles. The Kier molecular flexibility index (Phi) is 4.14. The minimum absolute atomic E-state index is 0.108. The lowest BCUT2D eigenvalue weighted by Gasteiger charge is -2.03. The Morgan fingerprint density at radius 2 is 2.00 bits per heavy atom. The topological polar surface area (TPSA) is 86.9 Å². The summed E-state index contributed by atoms with van der Waals surface area (Å²) in [6.45, 7) is 0. The molecule has 0 aliphatic rings. The lowest BCUT2D eigenvalue weighted by atomic mass is 10.2. The molecule has 2 rings (SSSR count). The van der Waals surface area contributed by atoms with E-state index in [0.717, 1.165) is 0 Å². The Bertz CT molecular complexity index is 671. The quantitative estimate of drug-likeness (QED) is 0.797. The van der Waals surface area contributed by atoms with Crippen molar-refractivity contribution in [2.24, 2.45) is 0 Å². The van der Waals surface area contributed by atoms with Gasteiger partial charge >= 0.3 is 0 Å². The van der Waals surface area contributed by atoms with Gasteiger partial charge in [0.15, 0.2) is 5.82 Å². The third kappa shape index (κ3) is 2.69. The molecule has 0 radical (unpaired) electrons. The van der Waals surface area contributed by atoms with Crippen LogP contribution in [-0.2, 0) is 0 Å². The van der Waals surface area contributed by atoms with Crippen molar-refractivity contribution in [3.8, 4) is 0 Å². The van der Waals surface area contributed by atoms with Crippen LogP contribution >= 0.6 is 15.9 Å². The highest BCUT2D eigenvalue weighted by atomic mass is 79.9. The Morgan fingerprint density at radius 1 is 1.30 bits per heavy atom. The van der Waals surface area contributed by atoms with Gasteiger partial charge in [0.25, 0.3) is 11.8 Å². The molecule has 2 aromatic rings. The highest BCUT2D eigenvalue weighted by Crippen LogP contribution is 2.24. The summed E-state index contributed by atoms with van der Waals surface area (Å²) < 4.78 is 13.8. The van der Waals surface area contributed by atoms with E-state index in [1.807, 2.05) is 0 Å². The van der Waals surface area contributed by atoms with E-state index in [2.05, 4.69) is 36.8 Å². The lowest BCUT2D eigenvalue weighted by Crippen LogP contribution is -2.18. The number of anilines is 1. The van der Waals surface area contributed by atoms with E-state index in [9.17, 15) is 14.0 Å². The van der Waals surface area contributed by atoms with E-state index in [1.54, 1.807) is 6.07 Å². The second kappa shape index (κ2) is 5.83. The molecule has 104 valence electrons. The summed E-state index contributed by atoms with van der Waals surface area (Å²) in [5.74, 6) is -1.57. The molecule has 1 aromatic heterocycles. The van der Waals surface area contributed by atoms with Crippen LogP contribution in [0.5, 0.6) is 0 Å². The molecule has 2 amide bonds. The zero-order valence-electron chi connectivity index (χ0n) is 10.3. The van der Waals surface area contributed by atoms with Crippen LogP contribution in [-0.4, -0.2) is 29.1 Å². The monoisotopic (exact) mass is 340 g/mol. The highest BCUT2D eigenvalue weighted by Gasteiger charge is 2.19. The van der Waals surface area contributed by atoms with Crippen LogP contribution in [0, 0.1) is 5.82 Å². The van der Waals surface area contributed by atoms with Crippen LogP contribution in [0.25, 0.3) is 0 Å². The average Bonchev–Trinajstić information content (AvgIpc) is 2.80. The summed E-state index contributed by atoms with van der Waals surface area (Å²) >= 11 is 3.15. The number of carbonyl (C=O) groups excluding carboxylic acids is 2. The zero-order valence-corrected chi connectivity index (χ0v) is 11.9. The number of H-pyrrole nitrogens is 1. The van der Waals surface area contributed by atoms with Crippen molar-refractivity contribution in [1.82, 2.24) is 15.5 Å². The molecule has 0 bridgehead atoms. The molecule has 0 atom stereocenters. The third-order valence-electron chi connectivity index (χ3n) is 2.51. The number of aromatic nitrogens is 2. The summed E-state index contributed by atoms with van der Waals surface area (Å²) in [5, 5.41) is 11.1. The van der Waals surface area contributed by atoms with Crippen LogP contribution in [0.1, 0.15) is 20.8 Å². The smallest absolute Gasteiger partial charge is 0.270 e. The number of nitrogens with zero attached hydrogens (tertiary/aromatic N) is 1. The second-order valence-electron chi connectivity index (χ2n) is 3.77. The minimum atomic E-state index is -0.654. The number of hydrogen-bond acceptors (Lipinski definition) is 3. The van der Waals surface area contributed by atoms with E-state index in [-0.39, 0.29) is 17.1 Å². The van der Waals surface area contributed by atoms with Crippen LogP contribution < -0.4 is 10.6 Å². The number of aromatic amines is 1. The summed E-state index contributed by atoms with van der Waals surface area (Å²) in [7, 11) is 1.47. The van der Waals surface area contributed by atoms with Crippen molar-refractivity contribution in [3.63, 3.8) is 0 Å². The molecule has 0 saturated carbocycles. The average molecular weight is 341 g/mol. The van der Waals surface area contributed by atoms with Gasteiger partial charge in [-0.15, -0.1) is 0 Å². The maximum atomic E-state index is 13.5. The zero-order chi connectivity index (χ0) is 14.7. The van der Waals surface area contributed by atoms with E-state index < -0.39 is 17.6 Å². The standard InChI is InChI=1S/C12H10BrFN4O2/c1-15-12(20)9-8(13)10(18-17-9)16-11(19)6-4-2-3-5-7(6)14/h2-5H,1H3,(H,15,20)(H2,16,17,18,19). The largest absolute Gasteiger partial charge is 0.354 e. The van der Waals surface area contributed by atoms with E-state index in [1.165, 1.54) is 25.2 Å². The molecule has 0 saturated heterocycles.